The van der Waals surface area contributed by atoms with Crippen LogP contribution in [0.1, 0.15) is 38.7 Å². The first-order valence-corrected chi connectivity index (χ1v) is 10.8. The van der Waals surface area contributed by atoms with Gasteiger partial charge in [-0.3, -0.25) is 4.79 Å². The van der Waals surface area contributed by atoms with Crippen molar-refractivity contribution in [2.45, 2.75) is 45.8 Å². The van der Waals surface area contributed by atoms with Crippen molar-refractivity contribution in [1.82, 2.24) is 15.1 Å². The van der Waals surface area contributed by atoms with Crippen LogP contribution >= 0.6 is 0 Å². The highest BCUT2D eigenvalue weighted by Crippen LogP contribution is 2.28. The standard InChI is InChI=1S/C22H37N3O4/c1-4-24(5-2)16-19(26)17-29-20-10-9-18(14-21(20)28-3)15-23-11-7-13-25-12-6-8-22(25)27/h9-10,14,19,23,26H,4-8,11-13,15-17H2,1-3H3/t19-/m0/s1. The Morgan fingerprint density at radius 1 is 1.28 bits per heavy atom. The van der Waals surface area contributed by atoms with Crippen LogP contribution in [0.15, 0.2) is 18.2 Å². The van der Waals surface area contributed by atoms with Gasteiger partial charge in [0, 0.05) is 32.6 Å². The van der Waals surface area contributed by atoms with Crippen molar-refractivity contribution in [2.75, 3.05) is 53.0 Å². The number of benzene rings is 1. The third-order valence-electron chi connectivity index (χ3n) is 5.30. The number of likely N-dealkylation sites (tertiary alicyclic amines) is 1. The molecular formula is C22H37N3O4. The molecule has 0 radical (unpaired) electrons. The molecule has 1 aromatic carbocycles. The Morgan fingerprint density at radius 3 is 2.72 bits per heavy atom. The predicted molar refractivity (Wildman–Crippen MR) is 114 cm³/mol. The highest BCUT2D eigenvalue weighted by atomic mass is 16.5. The Morgan fingerprint density at radius 2 is 2.07 bits per heavy atom. The summed E-state index contributed by atoms with van der Waals surface area (Å²) >= 11 is 0. The van der Waals surface area contributed by atoms with E-state index in [4.69, 9.17) is 9.47 Å². The number of carbonyl (C=O) groups excluding carboxylic acids is 1. The fraction of sp³-hybridized carbons (Fsp3) is 0.682. The van der Waals surface area contributed by atoms with Crippen molar-refractivity contribution in [3.63, 3.8) is 0 Å². The zero-order valence-corrected chi connectivity index (χ0v) is 18.2. The van der Waals surface area contributed by atoms with Crippen LogP contribution in [0.25, 0.3) is 0 Å². The van der Waals surface area contributed by atoms with Crippen LogP contribution in [-0.2, 0) is 11.3 Å². The number of rotatable bonds is 14. The lowest BCUT2D eigenvalue weighted by Gasteiger charge is -2.22. The van der Waals surface area contributed by atoms with Gasteiger partial charge in [-0.2, -0.15) is 0 Å². The third kappa shape index (κ3) is 7.84. The molecule has 1 atom stereocenters. The van der Waals surface area contributed by atoms with Crippen molar-refractivity contribution in [2.24, 2.45) is 0 Å². The van der Waals surface area contributed by atoms with Gasteiger partial charge in [0.05, 0.1) is 7.11 Å². The Balaban J connectivity index is 1.73. The minimum atomic E-state index is -0.538. The molecule has 0 aromatic heterocycles. The molecule has 7 nitrogen and oxygen atoms in total. The number of methoxy groups -OCH3 is 1. The molecule has 2 rings (SSSR count). The van der Waals surface area contributed by atoms with Crippen molar-refractivity contribution in [1.29, 1.82) is 0 Å². The second kappa shape index (κ2) is 12.7. The molecule has 1 saturated heterocycles. The van der Waals surface area contributed by atoms with Crippen molar-refractivity contribution in [3.05, 3.63) is 23.8 Å². The molecule has 1 amide bonds. The van der Waals surface area contributed by atoms with E-state index < -0.39 is 6.10 Å². The van der Waals surface area contributed by atoms with E-state index in [1.54, 1.807) is 7.11 Å². The molecule has 7 heteroatoms. The normalized spacial score (nSPS) is 15.2. The van der Waals surface area contributed by atoms with Crippen LogP contribution in [0.3, 0.4) is 0 Å². The second-order valence-corrected chi connectivity index (χ2v) is 7.45. The summed E-state index contributed by atoms with van der Waals surface area (Å²) in [6.07, 6.45) is 2.11. The average Bonchev–Trinajstić information content (AvgIpc) is 3.15. The van der Waals surface area contributed by atoms with E-state index in [9.17, 15) is 9.90 Å². The van der Waals surface area contributed by atoms with E-state index in [2.05, 4.69) is 24.1 Å². The van der Waals surface area contributed by atoms with Crippen molar-refractivity contribution >= 4 is 5.91 Å². The summed E-state index contributed by atoms with van der Waals surface area (Å²) < 4.78 is 11.2. The predicted octanol–water partition coefficient (Wildman–Crippen LogP) is 1.88. The molecule has 0 aliphatic carbocycles. The van der Waals surface area contributed by atoms with Crippen molar-refractivity contribution in [3.8, 4) is 11.5 Å². The molecule has 164 valence electrons. The first kappa shape index (κ1) is 23.4. The van der Waals surface area contributed by atoms with Gasteiger partial charge in [-0.05, 0) is 50.2 Å². The molecule has 1 aliphatic heterocycles. The molecule has 29 heavy (non-hydrogen) atoms. The first-order valence-electron chi connectivity index (χ1n) is 10.8. The minimum Gasteiger partial charge on any atom is -0.493 e. The van der Waals surface area contributed by atoms with E-state index in [0.29, 0.717) is 24.5 Å². The lowest BCUT2D eigenvalue weighted by molar-refractivity contribution is -0.127. The second-order valence-electron chi connectivity index (χ2n) is 7.45. The van der Waals surface area contributed by atoms with E-state index in [1.165, 1.54) is 0 Å². The summed E-state index contributed by atoms with van der Waals surface area (Å²) in [6.45, 7) is 10.1. The lowest BCUT2D eigenvalue weighted by atomic mass is 10.2. The minimum absolute atomic E-state index is 0.236. The highest BCUT2D eigenvalue weighted by molar-refractivity contribution is 5.77. The fourth-order valence-electron chi connectivity index (χ4n) is 3.53. The van der Waals surface area contributed by atoms with Crippen molar-refractivity contribution < 1.29 is 19.4 Å². The van der Waals surface area contributed by atoms with E-state index in [0.717, 1.165) is 57.7 Å². The number of carbonyl (C=O) groups is 1. The summed E-state index contributed by atoms with van der Waals surface area (Å²) in [4.78, 5) is 15.7. The van der Waals surface area contributed by atoms with Gasteiger partial charge >= 0.3 is 0 Å². The Bertz CT molecular complexity index is 622. The van der Waals surface area contributed by atoms with Gasteiger partial charge in [0.15, 0.2) is 11.5 Å². The van der Waals surface area contributed by atoms with E-state index >= 15 is 0 Å². The zero-order chi connectivity index (χ0) is 21.1. The molecular weight excluding hydrogens is 370 g/mol. The number of ether oxygens (including phenoxy) is 2. The summed E-state index contributed by atoms with van der Waals surface area (Å²) in [6, 6.07) is 5.86. The number of hydrogen-bond acceptors (Lipinski definition) is 6. The van der Waals surface area contributed by atoms with Crippen LogP contribution < -0.4 is 14.8 Å². The van der Waals surface area contributed by atoms with Crippen LogP contribution in [0, 0.1) is 0 Å². The molecule has 1 aliphatic rings. The molecule has 0 bridgehead atoms. The monoisotopic (exact) mass is 407 g/mol. The molecule has 0 saturated carbocycles. The summed E-state index contributed by atoms with van der Waals surface area (Å²) in [5.74, 6) is 1.59. The number of amides is 1. The molecule has 2 N–H and O–H groups in total. The SMILES string of the molecule is CCN(CC)C[C@H](O)COc1ccc(CNCCCN2CCCC2=O)cc1OC. The quantitative estimate of drug-likeness (QED) is 0.459. The van der Waals surface area contributed by atoms with Gasteiger partial charge in [0.2, 0.25) is 5.91 Å². The molecule has 1 aromatic rings. The topological polar surface area (TPSA) is 74.3 Å². The number of aliphatic hydroxyl groups is 1. The van der Waals surface area contributed by atoms with Crippen LogP contribution in [0.4, 0.5) is 0 Å². The number of nitrogens with one attached hydrogen (secondary N) is 1. The number of hydrogen-bond donors (Lipinski definition) is 2. The summed E-state index contributed by atoms with van der Waals surface area (Å²) in [5.41, 5.74) is 1.11. The van der Waals surface area contributed by atoms with E-state index in [-0.39, 0.29) is 12.5 Å². The lowest BCUT2D eigenvalue weighted by Crippen LogP contribution is -2.35. The van der Waals surface area contributed by atoms with Crippen LogP contribution in [0.2, 0.25) is 0 Å². The Labute approximate surface area is 175 Å². The van der Waals surface area contributed by atoms with Gasteiger partial charge in [0.25, 0.3) is 0 Å². The maximum atomic E-state index is 11.6. The van der Waals surface area contributed by atoms with Crippen LogP contribution in [0.5, 0.6) is 11.5 Å². The number of nitrogens with zero attached hydrogens (tertiary/aromatic N) is 2. The zero-order valence-electron chi connectivity index (χ0n) is 18.2. The third-order valence-corrected chi connectivity index (χ3v) is 5.30. The molecule has 0 unspecified atom stereocenters. The average molecular weight is 408 g/mol. The van der Waals surface area contributed by atoms with Gasteiger partial charge in [0.1, 0.15) is 12.7 Å². The molecule has 1 heterocycles. The van der Waals surface area contributed by atoms with Crippen LogP contribution in [-0.4, -0.2) is 79.9 Å². The number of aliphatic hydroxyl groups excluding tert-OH is 1. The van der Waals surface area contributed by atoms with Gasteiger partial charge in [-0.15, -0.1) is 0 Å². The van der Waals surface area contributed by atoms with Gasteiger partial charge in [-0.1, -0.05) is 19.9 Å². The molecule has 0 spiro atoms. The van der Waals surface area contributed by atoms with Gasteiger partial charge < -0.3 is 29.7 Å². The smallest absolute Gasteiger partial charge is 0.222 e. The summed E-state index contributed by atoms with van der Waals surface area (Å²) in [7, 11) is 1.62. The van der Waals surface area contributed by atoms with Gasteiger partial charge in [-0.25, -0.2) is 0 Å². The maximum Gasteiger partial charge on any atom is 0.222 e. The maximum absolute atomic E-state index is 11.6. The largest absolute Gasteiger partial charge is 0.493 e. The first-order chi connectivity index (χ1) is 14.1. The summed E-state index contributed by atoms with van der Waals surface area (Å²) in [5, 5.41) is 13.6. The molecule has 1 fully saturated rings. The fourth-order valence-corrected chi connectivity index (χ4v) is 3.53. The highest BCUT2D eigenvalue weighted by Gasteiger charge is 2.18. The van der Waals surface area contributed by atoms with E-state index in [1.807, 2.05) is 23.1 Å². The Hall–Kier alpha value is -1.83. The number of likely N-dealkylation sites (N-methyl/N-ethyl adjacent to an activating group) is 1. The Kier molecular flexibility index (Phi) is 10.2.